The largest absolute Gasteiger partial charge is 0.481 e. The molecule has 0 aliphatic rings. The van der Waals surface area contributed by atoms with Crippen LogP contribution in [0.1, 0.15) is 45.4 Å². The number of hydrogen-bond acceptors (Lipinski definition) is 5. The number of nitrogens with one attached hydrogen (secondary N) is 2. The number of nitrogens with zero attached hydrogens (tertiary/aromatic N) is 2. The van der Waals surface area contributed by atoms with E-state index in [0.717, 1.165) is 23.6 Å². The Bertz CT molecular complexity index is 520. The molecule has 0 saturated heterocycles. The van der Waals surface area contributed by atoms with Crippen molar-refractivity contribution in [1.82, 2.24) is 20.4 Å². The highest BCUT2D eigenvalue weighted by Crippen LogP contribution is 2.20. The Morgan fingerprint density at radius 3 is 2.57 bits per heavy atom. The van der Waals surface area contributed by atoms with Gasteiger partial charge in [0, 0.05) is 26.2 Å². The molecule has 0 bridgehead atoms. The molecule has 7 heteroatoms. The summed E-state index contributed by atoms with van der Waals surface area (Å²) in [5, 5.41) is 10.6. The second-order valence-corrected chi connectivity index (χ2v) is 6.57. The summed E-state index contributed by atoms with van der Waals surface area (Å²) in [6.07, 6.45) is 0.491. The summed E-state index contributed by atoms with van der Waals surface area (Å²) in [5.74, 6) is 0.755. The van der Waals surface area contributed by atoms with E-state index in [1.165, 1.54) is 0 Å². The van der Waals surface area contributed by atoms with Crippen molar-refractivity contribution in [2.24, 2.45) is 7.05 Å². The van der Waals surface area contributed by atoms with E-state index in [1.54, 1.807) is 11.8 Å². The number of hydrogen-bond donors (Lipinski definition) is 2. The smallest absolute Gasteiger partial charge is 0.407 e. The Balaban J connectivity index is 2.53. The molecule has 0 fully saturated rings. The zero-order valence-electron chi connectivity index (χ0n) is 15.3. The monoisotopic (exact) mass is 326 g/mol. The van der Waals surface area contributed by atoms with Gasteiger partial charge in [0.1, 0.15) is 5.60 Å². The van der Waals surface area contributed by atoms with Gasteiger partial charge in [-0.25, -0.2) is 9.48 Å². The van der Waals surface area contributed by atoms with Crippen LogP contribution in [0, 0.1) is 6.92 Å². The molecule has 1 aromatic heterocycles. The second-order valence-electron chi connectivity index (χ2n) is 6.57. The third-order valence-electron chi connectivity index (χ3n) is 3.43. The van der Waals surface area contributed by atoms with Gasteiger partial charge in [-0.15, -0.1) is 0 Å². The SMILES string of the molecule is CCC(CNC(=O)OC(C)(C)C)NCc1c(C)nn(C)c1OC. The van der Waals surface area contributed by atoms with Gasteiger partial charge in [-0.2, -0.15) is 5.10 Å². The van der Waals surface area contributed by atoms with Crippen LogP contribution in [-0.2, 0) is 18.3 Å². The van der Waals surface area contributed by atoms with Crippen LogP contribution in [0.25, 0.3) is 0 Å². The third-order valence-corrected chi connectivity index (χ3v) is 3.43. The minimum absolute atomic E-state index is 0.145. The normalized spacial score (nSPS) is 12.8. The highest BCUT2D eigenvalue weighted by atomic mass is 16.6. The molecule has 0 saturated carbocycles. The van der Waals surface area contributed by atoms with Gasteiger partial charge >= 0.3 is 6.09 Å². The molecule has 1 amide bonds. The van der Waals surface area contributed by atoms with Gasteiger partial charge in [0.25, 0.3) is 0 Å². The van der Waals surface area contributed by atoms with Crippen molar-refractivity contribution in [2.45, 2.75) is 59.2 Å². The topological polar surface area (TPSA) is 77.4 Å². The first-order valence-corrected chi connectivity index (χ1v) is 7.94. The fourth-order valence-electron chi connectivity index (χ4n) is 2.27. The van der Waals surface area contributed by atoms with Crippen LogP contribution < -0.4 is 15.4 Å². The maximum Gasteiger partial charge on any atom is 0.407 e. The van der Waals surface area contributed by atoms with Gasteiger partial charge in [0.15, 0.2) is 0 Å². The van der Waals surface area contributed by atoms with Crippen LogP contribution in [0.5, 0.6) is 5.88 Å². The van der Waals surface area contributed by atoms with E-state index in [1.807, 2.05) is 34.7 Å². The molecule has 1 rings (SSSR count). The first-order valence-electron chi connectivity index (χ1n) is 7.94. The maximum atomic E-state index is 11.7. The zero-order valence-corrected chi connectivity index (χ0v) is 15.3. The fourth-order valence-corrected chi connectivity index (χ4v) is 2.27. The first kappa shape index (κ1) is 19.3. The fraction of sp³-hybridized carbons (Fsp3) is 0.750. The number of aromatic nitrogens is 2. The van der Waals surface area contributed by atoms with Crippen LogP contribution in [0.2, 0.25) is 0 Å². The molecule has 1 unspecified atom stereocenters. The first-order chi connectivity index (χ1) is 10.7. The van der Waals surface area contributed by atoms with E-state index in [0.29, 0.717) is 13.1 Å². The van der Waals surface area contributed by atoms with E-state index in [9.17, 15) is 4.79 Å². The molecule has 132 valence electrons. The van der Waals surface area contributed by atoms with Crippen LogP contribution in [-0.4, -0.2) is 41.2 Å². The lowest BCUT2D eigenvalue weighted by Gasteiger charge is -2.22. The summed E-state index contributed by atoms with van der Waals surface area (Å²) in [6.45, 7) is 10.7. The Kier molecular flexibility index (Phi) is 6.87. The maximum absolute atomic E-state index is 11.7. The Labute approximate surface area is 138 Å². The molecular formula is C16H30N4O3. The van der Waals surface area contributed by atoms with Crippen molar-refractivity contribution in [3.63, 3.8) is 0 Å². The summed E-state index contributed by atoms with van der Waals surface area (Å²) in [6, 6.07) is 0.145. The van der Waals surface area contributed by atoms with Gasteiger partial charge < -0.3 is 20.1 Å². The van der Waals surface area contributed by atoms with Crippen molar-refractivity contribution in [3.05, 3.63) is 11.3 Å². The molecule has 0 radical (unpaired) electrons. The summed E-state index contributed by atoms with van der Waals surface area (Å²) in [4.78, 5) is 11.7. The molecule has 0 aliphatic heterocycles. The second kappa shape index (κ2) is 8.19. The number of ether oxygens (including phenoxy) is 2. The van der Waals surface area contributed by atoms with Crippen molar-refractivity contribution in [2.75, 3.05) is 13.7 Å². The lowest BCUT2D eigenvalue weighted by molar-refractivity contribution is 0.0522. The molecular weight excluding hydrogens is 296 g/mol. The van der Waals surface area contributed by atoms with Gasteiger partial charge in [-0.05, 0) is 34.1 Å². The van der Waals surface area contributed by atoms with E-state index >= 15 is 0 Å². The van der Waals surface area contributed by atoms with E-state index in [2.05, 4.69) is 22.7 Å². The molecule has 7 nitrogen and oxygen atoms in total. The summed E-state index contributed by atoms with van der Waals surface area (Å²) < 4.78 is 12.4. The predicted molar refractivity (Wildman–Crippen MR) is 89.7 cm³/mol. The van der Waals surface area contributed by atoms with Gasteiger partial charge in [0.05, 0.1) is 18.4 Å². The van der Waals surface area contributed by atoms with E-state index in [4.69, 9.17) is 9.47 Å². The van der Waals surface area contributed by atoms with E-state index in [-0.39, 0.29) is 6.04 Å². The molecule has 1 aromatic rings. The molecule has 0 spiro atoms. The van der Waals surface area contributed by atoms with Crippen molar-refractivity contribution in [1.29, 1.82) is 0 Å². The Morgan fingerprint density at radius 2 is 2.04 bits per heavy atom. The van der Waals surface area contributed by atoms with Crippen molar-refractivity contribution >= 4 is 6.09 Å². The van der Waals surface area contributed by atoms with Crippen LogP contribution in [0.3, 0.4) is 0 Å². The number of carbonyl (C=O) groups is 1. The lowest BCUT2D eigenvalue weighted by Crippen LogP contribution is -2.42. The van der Waals surface area contributed by atoms with Crippen LogP contribution in [0.15, 0.2) is 0 Å². The van der Waals surface area contributed by atoms with E-state index < -0.39 is 11.7 Å². The number of amides is 1. The molecule has 0 aliphatic carbocycles. The lowest BCUT2D eigenvalue weighted by atomic mass is 10.2. The minimum atomic E-state index is -0.487. The average molecular weight is 326 g/mol. The van der Waals surface area contributed by atoms with Gasteiger partial charge in [0.2, 0.25) is 5.88 Å². The minimum Gasteiger partial charge on any atom is -0.481 e. The Hall–Kier alpha value is -1.76. The van der Waals surface area contributed by atoms with Crippen molar-refractivity contribution in [3.8, 4) is 5.88 Å². The number of methoxy groups -OCH3 is 1. The van der Waals surface area contributed by atoms with Crippen LogP contribution >= 0.6 is 0 Å². The molecule has 23 heavy (non-hydrogen) atoms. The number of carbonyl (C=O) groups excluding carboxylic acids is 1. The molecule has 1 atom stereocenters. The Morgan fingerprint density at radius 1 is 1.39 bits per heavy atom. The highest BCUT2D eigenvalue weighted by Gasteiger charge is 2.18. The average Bonchev–Trinajstić information content (AvgIpc) is 2.70. The number of aryl methyl sites for hydroxylation is 2. The van der Waals surface area contributed by atoms with Crippen LogP contribution in [0.4, 0.5) is 4.79 Å². The summed E-state index contributed by atoms with van der Waals surface area (Å²) >= 11 is 0. The van der Waals surface area contributed by atoms with Gasteiger partial charge in [-0.1, -0.05) is 6.92 Å². The third kappa shape index (κ3) is 6.09. The molecule has 2 N–H and O–H groups in total. The number of alkyl carbamates (subject to hydrolysis) is 1. The van der Waals surface area contributed by atoms with Crippen molar-refractivity contribution < 1.29 is 14.3 Å². The highest BCUT2D eigenvalue weighted by molar-refractivity contribution is 5.67. The predicted octanol–water partition coefficient (Wildman–Crippen LogP) is 2.13. The molecule has 0 aromatic carbocycles. The quantitative estimate of drug-likeness (QED) is 0.802. The summed E-state index contributed by atoms with van der Waals surface area (Å²) in [7, 11) is 3.50. The molecule has 1 heterocycles. The summed E-state index contributed by atoms with van der Waals surface area (Å²) in [5.41, 5.74) is 1.48. The zero-order chi connectivity index (χ0) is 17.6. The van der Waals surface area contributed by atoms with Gasteiger partial charge in [-0.3, -0.25) is 0 Å². The standard InChI is InChI=1S/C16H30N4O3/c1-8-12(9-18-15(21)23-16(3,4)5)17-10-13-11(2)19-20(6)14(13)22-7/h12,17H,8-10H2,1-7H3,(H,18,21). The number of rotatable bonds is 7.